The number of hydrogen-bond acceptors (Lipinski definition) is 2. The van der Waals surface area contributed by atoms with E-state index in [1.807, 2.05) is 6.07 Å². The van der Waals surface area contributed by atoms with Crippen molar-refractivity contribution in [1.82, 2.24) is 0 Å². The van der Waals surface area contributed by atoms with Crippen LogP contribution in [0, 0.1) is 0 Å². The largest absolute Gasteiger partial charge is 0.371 e. The van der Waals surface area contributed by atoms with Crippen molar-refractivity contribution >= 4 is 21.4 Å². The number of fused-ring (bicyclic) bond motifs is 1. The lowest BCUT2D eigenvalue weighted by atomic mass is 9.96. The first-order valence-electron chi connectivity index (χ1n) is 7.27. The lowest BCUT2D eigenvalue weighted by Crippen LogP contribution is -2.27. The van der Waals surface area contributed by atoms with Crippen molar-refractivity contribution in [2.45, 2.75) is 32.5 Å². The first-order chi connectivity index (χ1) is 10.1. The quantitative estimate of drug-likeness (QED) is 0.609. The minimum Gasteiger partial charge on any atom is -0.371 e. The van der Waals surface area contributed by atoms with Crippen LogP contribution in [0.5, 0.6) is 0 Å². The topological polar surface area (TPSA) is 9.23 Å². The second-order valence-electron chi connectivity index (χ2n) is 5.96. The van der Waals surface area contributed by atoms with E-state index in [1.165, 1.54) is 21.2 Å². The lowest BCUT2D eigenvalue weighted by Gasteiger charge is -2.26. The summed E-state index contributed by atoms with van der Waals surface area (Å²) in [4.78, 5) is 0. The summed E-state index contributed by atoms with van der Waals surface area (Å²) >= 11 is 1.80. The number of rotatable bonds is 5. The van der Waals surface area contributed by atoms with Gasteiger partial charge in [-0.2, -0.15) is 0 Å². The molecule has 108 valence electrons. The lowest BCUT2D eigenvalue weighted by molar-refractivity contribution is -0.0285. The molecular formula is C19H20OS. The Kier molecular flexibility index (Phi) is 4.09. The molecule has 1 nitrogen and oxygen atoms in total. The average molecular weight is 296 g/mol. The maximum absolute atomic E-state index is 6.15. The molecular weight excluding hydrogens is 276 g/mol. The zero-order chi connectivity index (χ0) is 14.7. The van der Waals surface area contributed by atoms with Gasteiger partial charge >= 0.3 is 0 Å². The van der Waals surface area contributed by atoms with Crippen LogP contribution in [-0.4, -0.2) is 5.60 Å². The maximum Gasteiger partial charge on any atom is 0.0724 e. The van der Waals surface area contributed by atoms with Gasteiger partial charge in [0.1, 0.15) is 0 Å². The molecule has 2 heteroatoms. The van der Waals surface area contributed by atoms with Crippen molar-refractivity contribution in [3.63, 3.8) is 0 Å². The van der Waals surface area contributed by atoms with Crippen molar-refractivity contribution in [3.8, 4) is 0 Å². The van der Waals surface area contributed by atoms with Crippen LogP contribution in [-0.2, 0) is 17.8 Å². The third-order valence-electron chi connectivity index (χ3n) is 3.67. The van der Waals surface area contributed by atoms with Crippen molar-refractivity contribution in [2.24, 2.45) is 0 Å². The zero-order valence-electron chi connectivity index (χ0n) is 12.5. The zero-order valence-corrected chi connectivity index (χ0v) is 13.3. The van der Waals surface area contributed by atoms with E-state index in [2.05, 4.69) is 67.8 Å². The molecule has 0 aliphatic heterocycles. The van der Waals surface area contributed by atoms with Gasteiger partial charge in [-0.3, -0.25) is 0 Å². The minimum absolute atomic E-state index is 0.175. The van der Waals surface area contributed by atoms with Crippen LogP contribution in [0.25, 0.3) is 10.1 Å². The summed E-state index contributed by atoms with van der Waals surface area (Å²) in [6, 6.07) is 19.1. The minimum atomic E-state index is -0.175. The fourth-order valence-corrected chi connectivity index (χ4v) is 3.41. The molecule has 2 aromatic carbocycles. The summed E-state index contributed by atoms with van der Waals surface area (Å²) in [5.74, 6) is 0. The highest BCUT2D eigenvalue weighted by Gasteiger charge is 2.20. The molecule has 0 saturated carbocycles. The predicted molar refractivity (Wildman–Crippen MR) is 90.8 cm³/mol. The molecule has 0 aliphatic carbocycles. The van der Waals surface area contributed by atoms with Gasteiger partial charge in [0.2, 0.25) is 0 Å². The second-order valence-corrected chi connectivity index (χ2v) is 6.91. The molecule has 3 rings (SSSR count). The Morgan fingerprint density at radius 3 is 2.57 bits per heavy atom. The molecule has 0 radical (unpaired) electrons. The first kappa shape index (κ1) is 14.3. The molecule has 0 bridgehead atoms. The van der Waals surface area contributed by atoms with E-state index in [0.29, 0.717) is 6.61 Å². The van der Waals surface area contributed by atoms with Crippen LogP contribution in [0.4, 0.5) is 0 Å². The smallest absolute Gasteiger partial charge is 0.0724 e. The van der Waals surface area contributed by atoms with Crippen LogP contribution in [0.1, 0.15) is 25.0 Å². The standard InChI is InChI=1S/C19H20OS/c1-19(2,20-14-15-7-4-3-5-8-15)13-16-9-6-10-18-17(16)11-12-21-18/h3-12H,13-14H2,1-2H3. The number of hydrogen-bond donors (Lipinski definition) is 0. The Morgan fingerprint density at radius 1 is 0.952 bits per heavy atom. The van der Waals surface area contributed by atoms with Crippen LogP contribution in [0.15, 0.2) is 60.0 Å². The fourth-order valence-electron chi connectivity index (χ4n) is 2.57. The fraction of sp³-hybridized carbons (Fsp3) is 0.263. The van der Waals surface area contributed by atoms with Crippen LogP contribution in [0.2, 0.25) is 0 Å². The normalized spacial score (nSPS) is 11.9. The number of ether oxygens (including phenoxy) is 1. The Morgan fingerprint density at radius 2 is 1.76 bits per heavy atom. The molecule has 0 fully saturated rings. The van der Waals surface area contributed by atoms with Gasteiger partial charge in [0.05, 0.1) is 12.2 Å². The van der Waals surface area contributed by atoms with E-state index in [-0.39, 0.29) is 5.60 Å². The first-order valence-corrected chi connectivity index (χ1v) is 8.15. The van der Waals surface area contributed by atoms with Gasteiger partial charge in [-0.25, -0.2) is 0 Å². The van der Waals surface area contributed by atoms with E-state index in [1.54, 1.807) is 11.3 Å². The van der Waals surface area contributed by atoms with Crippen LogP contribution in [0.3, 0.4) is 0 Å². The highest BCUT2D eigenvalue weighted by atomic mass is 32.1. The Hall–Kier alpha value is -1.64. The van der Waals surface area contributed by atoms with E-state index in [9.17, 15) is 0 Å². The molecule has 0 N–H and O–H groups in total. The monoisotopic (exact) mass is 296 g/mol. The average Bonchev–Trinajstić information content (AvgIpc) is 2.96. The van der Waals surface area contributed by atoms with Crippen molar-refractivity contribution in [3.05, 3.63) is 71.1 Å². The molecule has 1 heterocycles. The van der Waals surface area contributed by atoms with E-state index in [0.717, 1.165) is 6.42 Å². The Labute approximate surface area is 130 Å². The molecule has 21 heavy (non-hydrogen) atoms. The van der Waals surface area contributed by atoms with Crippen molar-refractivity contribution < 1.29 is 4.74 Å². The van der Waals surface area contributed by atoms with Gasteiger partial charge < -0.3 is 4.74 Å². The summed E-state index contributed by atoms with van der Waals surface area (Å²) in [5, 5.41) is 3.52. The molecule has 0 aliphatic rings. The highest BCUT2D eigenvalue weighted by molar-refractivity contribution is 7.17. The molecule has 0 saturated heterocycles. The van der Waals surface area contributed by atoms with Crippen LogP contribution >= 0.6 is 11.3 Å². The van der Waals surface area contributed by atoms with Gasteiger partial charge in [0, 0.05) is 11.1 Å². The number of thiophene rings is 1. The van der Waals surface area contributed by atoms with Crippen molar-refractivity contribution in [2.75, 3.05) is 0 Å². The van der Waals surface area contributed by atoms with Gasteiger partial charge in [0.15, 0.2) is 0 Å². The predicted octanol–water partition coefficient (Wildman–Crippen LogP) is 5.44. The van der Waals surface area contributed by atoms with Gasteiger partial charge in [-0.05, 0) is 47.9 Å². The summed E-state index contributed by atoms with van der Waals surface area (Å²) in [5.41, 5.74) is 2.41. The van der Waals surface area contributed by atoms with Gasteiger partial charge in [-0.1, -0.05) is 42.5 Å². The summed E-state index contributed by atoms with van der Waals surface area (Å²) in [7, 11) is 0. The third kappa shape index (κ3) is 3.52. The molecule has 0 amide bonds. The summed E-state index contributed by atoms with van der Waals surface area (Å²) < 4.78 is 7.50. The van der Waals surface area contributed by atoms with Crippen LogP contribution < -0.4 is 0 Å². The highest BCUT2D eigenvalue weighted by Crippen LogP contribution is 2.28. The van der Waals surface area contributed by atoms with E-state index >= 15 is 0 Å². The second kappa shape index (κ2) is 6.00. The maximum atomic E-state index is 6.15. The molecule has 0 atom stereocenters. The summed E-state index contributed by atoms with van der Waals surface area (Å²) in [6.45, 7) is 5.00. The molecule has 3 aromatic rings. The molecule has 1 aromatic heterocycles. The Balaban J connectivity index is 1.72. The van der Waals surface area contributed by atoms with Gasteiger partial charge in [0.25, 0.3) is 0 Å². The molecule has 0 spiro atoms. The van der Waals surface area contributed by atoms with E-state index < -0.39 is 0 Å². The van der Waals surface area contributed by atoms with E-state index in [4.69, 9.17) is 4.74 Å². The van der Waals surface area contributed by atoms with Crippen molar-refractivity contribution in [1.29, 1.82) is 0 Å². The Bertz CT molecular complexity index is 713. The molecule has 0 unspecified atom stereocenters. The van der Waals surface area contributed by atoms with Gasteiger partial charge in [-0.15, -0.1) is 11.3 Å². The SMILES string of the molecule is CC(C)(Cc1cccc2sccc12)OCc1ccccc1. The number of benzene rings is 2. The third-order valence-corrected chi connectivity index (χ3v) is 4.56. The summed E-state index contributed by atoms with van der Waals surface area (Å²) in [6.07, 6.45) is 0.925.